The van der Waals surface area contributed by atoms with Crippen LogP contribution in [0.15, 0.2) is 109 Å². The van der Waals surface area contributed by atoms with E-state index in [1.807, 2.05) is 36.4 Å². The summed E-state index contributed by atoms with van der Waals surface area (Å²) in [5, 5.41) is 7.75. The summed E-state index contributed by atoms with van der Waals surface area (Å²) in [6.45, 7) is 0. The maximum Gasteiger partial charge on any atom is 0.356 e. The molecule has 8 rings (SSSR count). The molecule has 0 bridgehead atoms. The van der Waals surface area contributed by atoms with Crippen LogP contribution in [0.1, 0.15) is 22.3 Å². The molecule has 2 aliphatic carbocycles. The van der Waals surface area contributed by atoms with Crippen molar-refractivity contribution in [1.29, 1.82) is 0 Å². The van der Waals surface area contributed by atoms with Crippen LogP contribution in [0.2, 0.25) is 0 Å². The number of carbonyl (C=O) groups excluding carboxylic acids is 1. The van der Waals surface area contributed by atoms with E-state index in [-0.39, 0.29) is 0 Å². The van der Waals surface area contributed by atoms with Crippen LogP contribution in [-0.4, -0.2) is 10.6 Å². The SMILES string of the molecule is [OH+]=C1C(c2ccccc2)=C2C(=C1c1ccccc1)c1cc3cccc4ccc5ccc2c1c5c43. The average Bonchev–Trinajstić information content (AvgIpc) is 3.37. The number of hydrogen-bond donors (Lipinski definition) is 0. The lowest BCUT2D eigenvalue weighted by molar-refractivity contribution is 0.688. The summed E-state index contributed by atoms with van der Waals surface area (Å²) < 4.78 is 0. The number of benzene rings is 6. The number of rotatable bonds is 2. The van der Waals surface area contributed by atoms with Crippen molar-refractivity contribution in [2.75, 3.05) is 0 Å². The first-order valence-electron chi connectivity index (χ1n) is 11.7. The van der Waals surface area contributed by atoms with Crippen molar-refractivity contribution >= 4 is 60.4 Å². The van der Waals surface area contributed by atoms with Gasteiger partial charge in [-0.2, -0.15) is 0 Å². The van der Waals surface area contributed by atoms with Gasteiger partial charge >= 0.3 is 5.78 Å². The predicted octanol–water partition coefficient (Wildman–Crippen LogP) is 7.98. The van der Waals surface area contributed by atoms with E-state index in [0.717, 1.165) is 33.4 Å². The molecular formula is C33H19O+. The van der Waals surface area contributed by atoms with Crippen molar-refractivity contribution in [3.05, 3.63) is 131 Å². The molecule has 1 nitrogen and oxygen atoms in total. The smallest absolute Gasteiger partial charge is 0.273 e. The largest absolute Gasteiger partial charge is 0.356 e. The van der Waals surface area contributed by atoms with Crippen LogP contribution in [-0.2, 0) is 0 Å². The molecule has 6 aromatic rings. The zero-order chi connectivity index (χ0) is 22.4. The number of fused-ring (bicyclic) bond motifs is 3. The van der Waals surface area contributed by atoms with Gasteiger partial charge in [-0.15, -0.1) is 0 Å². The van der Waals surface area contributed by atoms with Crippen LogP contribution in [0.5, 0.6) is 0 Å². The van der Waals surface area contributed by atoms with Crippen molar-refractivity contribution in [2.45, 2.75) is 0 Å². The van der Waals surface area contributed by atoms with Crippen LogP contribution in [0.25, 0.3) is 54.6 Å². The molecule has 0 aliphatic heterocycles. The third-order valence-corrected chi connectivity index (χ3v) is 7.52. The Hall–Kier alpha value is -4.49. The summed E-state index contributed by atoms with van der Waals surface area (Å²) >= 11 is 0. The Morgan fingerprint density at radius 2 is 0.941 bits per heavy atom. The quantitative estimate of drug-likeness (QED) is 0.196. The minimum Gasteiger partial charge on any atom is -0.273 e. The maximum absolute atomic E-state index is 11.8. The Kier molecular flexibility index (Phi) is 3.34. The van der Waals surface area contributed by atoms with Crippen LogP contribution < -0.4 is 0 Å². The second-order valence-corrected chi connectivity index (χ2v) is 9.24. The minimum absolute atomic E-state index is 0.367. The molecule has 156 valence electrons. The van der Waals surface area contributed by atoms with E-state index < -0.39 is 0 Å². The molecule has 0 aromatic heterocycles. The van der Waals surface area contributed by atoms with Gasteiger partial charge in [0.25, 0.3) is 0 Å². The summed E-state index contributed by atoms with van der Waals surface area (Å²) in [5.41, 5.74) is 8.67. The van der Waals surface area contributed by atoms with Gasteiger partial charge in [0.2, 0.25) is 0 Å². The van der Waals surface area contributed by atoms with Gasteiger partial charge in [-0.3, -0.25) is 4.79 Å². The Morgan fingerprint density at radius 1 is 0.382 bits per heavy atom. The molecule has 0 atom stereocenters. The van der Waals surface area contributed by atoms with E-state index in [1.165, 1.54) is 43.4 Å². The van der Waals surface area contributed by atoms with Crippen LogP contribution in [0.3, 0.4) is 0 Å². The van der Waals surface area contributed by atoms with Crippen molar-refractivity contribution in [3.63, 3.8) is 0 Å². The van der Waals surface area contributed by atoms with Gasteiger partial charge < -0.3 is 0 Å². The molecule has 0 amide bonds. The van der Waals surface area contributed by atoms with Crippen LogP contribution in [0, 0.1) is 0 Å². The molecule has 0 saturated carbocycles. The molecule has 1 heteroatoms. The normalized spacial score (nSPS) is 14.9. The highest BCUT2D eigenvalue weighted by Gasteiger charge is 2.44. The molecular weight excluding hydrogens is 412 g/mol. The molecule has 6 aromatic carbocycles. The van der Waals surface area contributed by atoms with E-state index in [0.29, 0.717) is 5.78 Å². The summed E-state index contributed by atoms with van der Waals surface area (Å²) in [7, 11) is 0. The van der Waals surface area contributed by atoms with Crippen molar-refractivity contribution in [3.8, 4) is 0 Å². The van der Waals surface area contributed by atoms with Gasteiger partial charge in [0, 0.05) is 11.1 Å². The molecule has 0 saturated heterocycles. The van der Waals surface area contributed by atoms with E-state index in [4.69, 9.17) is 0 Å². The minimum atomic E-state index is 0.367. The third-order valence-electron chi connectivity index (χ3n) is 7.52. The standard InChI is InChI=1S/C33H18O/c34-33-28(19-8-3-1-4-9-19)31-24-17-16-22-15-14-21-12-7-13-23-18-25(30(24)27(22)26(21)23)32(31)29(33)20-10-5-2-6-11-20/h1-18H/p+1. The lowest BCUT2D eigenvalue weighted by atomic mass is 9.89. The number of allylic oxidation sites excluding steroid dienone is 4. The Balaban J connectivity index is 1.60. The topological polar surface area (TPSA) is 21.4 Å². The lowest BCUT2D eigenvalue weighted by Crippen LogP contribution is -2.03. The summed E-state index contributed by atoms with van der Waals surface area (Å²) in [5.74, 6) is 0.367. The zero-order valence-corrected chi connectivity index (χ0v) is 18.3. The Labute approximate surface area is 196 Å². The van der Waals surface area contributed by atoms with Gasteiger partial charge in [0.05, 0.1) is 11.1 Å². The first kappa shape index (κ1) is 18.0. The fourth-order valence-electron chi connectivity index (χ4n) is 6.18. The first-order valence-corrected chi connectivity index (χ1v) is 11.7. The second-order valence-electron chi connectivity index (χ2n) is 9.24. The van der Waals surface area contributed by atoms with E-state index in [9.17, 15) is 4.79 Å². The summed E-state index contributed by atoms with van der Waals surface area (Å²) in [4.78, 5) is 11.8. The number of ketones is 1. The van der Waals surface area contributed by atoms with Crippen molar-refractivity contribution < 1.29 is 4.79 Å². The van der Waals surface area contributed by atoms with E-state index in [2.05, 4.69) is 72.8 Å². The molecule has 34 heavy (non-hydrogen) atoms. The monoisotopic (exact) mass is 431 g/mol. The van der Waals surface area contributed by atoms with Gasteiger partial charge in [0.1, 0.15) is 0 Å². The first-order chi connectivity index (χ1) is 16.8. The lowest BCUT2D eigenvalue weighted by Gasteiger charge is -2.13. The molecule has 0 heterocycles. The van der Waals surface area contributed by atoms with Crippen molar-refractivity contribution in [2.24, 2.45) is 0 Å². The molecule has 0 fully saturated rings. The van der Waals surface area contributed by atoms with Gasteiger partial charge in [-0.25, -0.2) is 0 Å². The Bertz CT molecular complexity index is 1890. The zero-order valence-electron chi connectivity index (χ0n) is 18.3. The molecule has 0 spiro atoms. The molecule has 2 aliphatic rings. The summed E-state index contributed by atoms with van der Waals surface area (Å²) in [6, 6.07) is 38.5. The average molecular weight is 432 g/mol. The van der Waals surface area contributed by atoms with Crippen molar-refractivity contribution in [1.82, 2.24) is 0 Å². The summed E-state index contributed by atoms with van der Waals surface area (Å²) in [6.07, 6.45) is 0. The second kappa shape index (κ2) is 6.30. The van der Waals surface area contributed by atoms with Crippen LogP contribution in [0.4, 0.5) is 0 Å². The maximum atomic E-state index is 11.8. The third kappa shape index (κ3) is 2.12. The molecule has 0 unspecified atom stereocenters. The van der Waals surface area contributed by atoms with E-state index in [1.54, 1.807) is 0 Å². The highest BCUT2D eigenvalue weighted by atomic mass is 16.1. The van der Waals surface area contributed by atoms with Crippen LogP contribution >= 0.6 is 0 Å². The highest BCUT2D eigenvalue weighted by molar-refractivity contribution is 6.62. The van der Waals surface area contributed by atoms with Gasteiger partial charge in [-0.1, -0.05) is 103 Å². The Morgan fingerprint density at radius 3 is 1.62 bits per heavy atom. The van der Waals surface area contributed by atoms with E-state index >= 15 is 0 Å². The van der Waals surface area contributed by atoms with Gasteiger partial charge in [0.15, 0.2) is 0 Å². The fourth-order valence-corrected chi connectivity index (χ4v) is 6.18. The fraction of sp³-hybridized carbons (Fsp3) is 0. The molecule has 1 N–H and O–H groups in total. The predicted molar refractivity (Wildman–Crippen MR) is 144 cm³/mol. The van der Waals surface area contributed by atoms with Gasteiger partial charge in [-0.05, 0) is 60.6 Å². The number of hydrogen-bond acceptors (Lipinski definition) is 0. The highest BCUT2D eigenvalue weighted by Crippen LogP contribution is 2.58. The molecule has 0 radical (unpaired) electrons.